The monoisotopic (exact) mass is 440 g/mol. The number of nitro groups is 1. The summed E-state index contributed by atoms with van der Waals surface area (Å²) in [6.07, 6.45) is 1.89. The number of benzene rings is 3. The number of nitro benzene ring substituents is 1. The van der Waals surface area contributed by atoms with Crippen molar-refractivity contribution in [2.24, 2.45) is 0 Å². The fourth-order valence-electron chi connectivity index (χ4n) is 3.12. The molecule has 0 fully saturated rings. The zero-order valence-electron chi connectivity index (χ0n) is 16.9. The first kappa shape index (κ1) is 21.9. The normalized spacial score (nSPS) is 12.1. The molecule has 0 aromatic heterocycles. The SMILES string of the molecule is CC(C)(C)c1ccc(/C(=C\c2ccc(Cl)c([N+](=O)[O-])c2)c2ccc(Cl)c(N)c2)cc1. The lowest BCUT2D eigenvalue weighted by Gasteiger charge is -2.20. The first-order valence-electron chi connectivity index (χ1n) is 9.38. The van der Waals surface area contributed by atoms with E-state index >= 15 is 0 Å². The van der Waals surface area contributed by atoms with Crippen LogP contribution in [0.1, 0.15) is 43.0 Å². The topological polar surface area (TPSA) is 69.2 Å². The zero-order chi connectivity index (χ0) is 22.1. The van der Waals surface area contributed by atoms with Crippen molar-refractivity contribution in [3.8, 4) is 0 Å². The Kier molecular flexibility index (Phi) is 6.20. The first-order valence-corrected chi connectivity index (χ1v) is 10.1. The van der Waals surface area contributed by atoms with Crippen LogP contribution < -0.4 is 5.73 Å². The number of hydrogen-bond donors (Lipinski definition) is 1. The smallest absolute Gasteiger partial charge is 0.288 e. The van der Waals surface area contributed by atoms with Gasteiger partial charge in [0, 0.05) is 6.07 Å². The standard InChI is InChI=1S/C24H22Cl2N2O2/c1-24(2,3)18-8-5-16(6-9-18)19(17-7-11-20(25)22(27)14-17)12-15-4-10-21(26)23(13-15)28(29)30/h4-14H,27H2,1-3H3/b19-12+. The van der Waals surface area contributed by atoms with Crippen molar-refractivity contribution < 1.29 is 4.92 Å². The number of rotatable bonds is 4. The third-order valence-electron chi connectivity index (χ3n) is 4.85. The Labute approximate surface area is 186 Å². The van der Waals surface area contributed by atoms with E-state index in [2.05, 4.69) is 32.9 Å². The average Bonchev–Trinajstić information content (AvgIpc) is 2.69. The van der Waals surface area contributed by atoms with Crippen molar-refractivity contribution in [3.05, 3.63) is 103 Å². The molecule has 6 heteroatoms. The van der Waals surface area contributed by atoms with Crippen molar-refractivity contribution in [2.75, 3.05) is 5.73 Å². The van der Waals surface area contributed by atoms with E-state index in [9.17, 15) is 10.1 Å². The van der Waals surface area contributed by atoms with Gasteiger partial charge in [0.1, 0.15) is 5.02 Å². The molecular weight excluding hydrogens is 419 g/mol. The highest BCUT2D eigenvalue weighted by Gasteiger charge is 2.16. The molecular formula is C24H22Cl2N2O2. The van der Waals surface area contributed by atoms with Crippen LogP contribution >= 0.6 is 23.2 Å². The van der Waals surface area contributed by atoms with E-state index in [1.165, 1.54) is 17.7 Å². The lowest BCUT2D eigenvalue weighted by Crippen LogP contribution is -2.10. The second kappa shape index (κ2) is 8.50. The van der Waals surface area contributed by atoms with Gasteiger partial charge in [0.2, 0.25) is 0 Å². The van der Waals surface area contributed by atoms with Gasteiger partial charge in [-0.1, -0.05) is 80.4 Å². The summed E-state index contributed by atoms with van der Waals surface area (Å²) in [5.41, 5.74) is 11.0. The summed E-state index contributed by atoms with van der Waals surface area (Å²) in [4.78, 5) is 10.8. The van der Waals surface area contributed by atoms with Gasteiger partial charge in [-0.2, -0.15) is 0 Å². The number of halogens is 2. The molecule has 0 saturated carbocycles. The van der Waals surface area contributed by atoms with Crippen LogP contribution in [0.2, 0.25) is 10.0 Å². The molecule has 0 radical (unpaired) electrons. The van der Waals surface area contributed by atoms with E-state index in [1.807, 2.05) is 24.3 Å². The van der Waals surface area contributed by atoms with Gasteiger partial charge in [0.05, 0.1) is 15.6 Å². The number of nitrogens with two attached hydrogens (primary N) is 1. The molecule has 0 unspecified atom stereocenters. The summed E-state index contributed by atoms with van der Waals surface area (Å²) in [7, 11) is 0. The maximum absolute atomic E-state index is 11.3. The van der Waals surface area contributed by atoms with E-state index in [-0.39, 0.29) is 16.1 Å². The molecule has 154 valence electrons. The Balaban J connectivity index is 2.17. The minimum absolute atomic E-state index is 0.0316. The van der Waals surface area contributed by atoms with Crippen LogP contribution in [0.4, 0.5) is 11.4 Å². The fourth-order valence-corrected chi connectivity index (χ4v) is 3.42. The Morgan fingerprint density at radius 2 is 1.53 bits per heavy atom. The summed E-state index contributed by atoms with van der Waals surface area (Å²) in [5, 5.41) is 11.9. The van der Waals surface area contributed by atoms with Crippen molar-refractivity contribution >= 4 is 46.2 Å². The van der Waals surface area contributed by atoms with Crippen LogP contribution in [0.15, 0.2) is 60.7 Å². The predicted octanol–water partition coefficient (Wildman–Crippen LogP) is 7.37. The number of nitrogen functional groups attached to an aromatic ring is 1. The van der Waals surface area contributed by atoms with Crippen LogP contribution in [0, 0.1) is 10.1 Å². The molecule has 0 atom stereocenters. The van der Waals surface area contributed by atoms with Crippen LogP contribution in [0.3, 0.4) is 0 Å². The lowest BCUT2D eigenvalue weighted by atomic mass is 9.85. The molecule has 0 amide bonds. The van der Waals surface area contributed by atoms with E-state index in [1.54, 1.807) is 18.2 Å². The highest BCUT2D eigenvalue weighted by atomic mass is 35.5. The summed E-state index contributed by atoms with van der Waals surface area (Å²) < 4.78 is 0. The summed E-state index contributed by atoms with van der Waals surface area (Å²) in [6, 6.07) is 18.4. The van der Waals surface area contributed by atoms with E-state index in [0.29, 0.717) is 16.3 Å². The number of anilines is 1. The van der Waals surface area contributed by atoms with E-state index in [0.717, 1.165) is 16.7 Å². The number of nitrogens with zero attached hydrogens (tertiary/aromatic N) is 1. The second-order valence-electron chi connectivity index (χ2n) is 8.09. The molecule has 3 rings (SSSR count). The third-order valence-corrected chi connectivity index (χ3v) is 5.51. The molecule has 0 spiro atoms. The van der Waals surface area contributed by atoms with Gasteiger partial charge in [-0.15, -0.1) is 0 Å². The minimum Gasteiger partial charge on any atom is -0.398 e. The molecule has 3 aromatic carbocycles. The maximum Gasteiger partial charge on any atom is 0.288 e. The highest BCUT2D eigenvalue weighted by molar-refractivity contribution is 6.33. The molecule has 0 bridgehead atoms. The molecule has 0 saturated heterocycles. The zero-order valence-corrected chi connectivity index (χ0v) is 18.5. The molecule has 0 aliphatic rings. The Morgan fingerprint density at radius 1 is 0.933 bits per heavy atom. The molecule has 0 heterocycles. The van der Waals surface area contributed by atoms with Crippen molar-refractivity contribution in [2.45, 2.75) is 26.2 Å². The molecule has 3 aromatic rings. The predicted molar refractivity (Wildman–Crippen MR) is 126 cm³/mol. The molecule has 0 aliphatic heterocycles. The maximum atomic E-state index is 11.3. The summed E-state index contributed by atoms with van der Waals surface area (Å²) in [5.74, 6) is 0. The van der Waals surface area contributed by atoms with Gasteiger partial charge in [-0.05, 0) is 57.5 Å². The van der Waals surface area contributed by atoms with Crippen LogP contribution in [0.5, 0.6) is 0 Å². The van der Waals surface area contributed by atoms with Crippen molar-refractivity contribution in [1.29, 1.82) is 0 Å². The molecule has 2 N–H and O–H groups in total. The summed E-state index contributed by atoms with van der Waals surface area (Å²) >= 11 is 12.1. The van der Waals surface area contributed by atoms with Gasteiger partial charge >= 0.3 is 0 Å². The van der Waals surface area contributed by atoms with Crippen molar-refractivity contribution in [1.82, 2.24) is 0 Å². The number of hydrogen-bond acceptors (Lipinski definition) is 3. The second-order valence-corrected chi connectivity index (χ2v) is 8.90. The molecule has 4 nitrogen and oxygen atoms in total. The average molecular weight is 441 g/mol. The van der Waals surface area contributed by atoms with Gasteiger partial charge in [0.15, 0.2) is 0 Å². The largest absolute Gasteiger partial charge is 0.398 e. The van der Waals surface area contributed by atoms with Crippen LogP contribution in [-0.2, 0) is 5.41 Å². The van der Waals surface area contributed by atoms with Crippen LogP contribution in [0.25, 0.3) is 11.6 Å². The summed E-state index contributed by atoms with van der Waals surface area (Å²) in [6.45, 7) is 6.47. The quantitative estimate of drug-likeness (QED) is 0.199. The Hall–Kier alpha value is -2.82. The van der Waals surface area contributed by atoms with Gasteiger partial charge < -0.3 is 5.73 Å². The Morgan fingerprint density at radius 3 is 2.10 bits per heavy atom. The molecule has 30 heavy (non-hydrogen) atoms. The highest BCUT2D eigenvalue weighted by Crippen LogP contribution is 2.33. The van der Waals surface area contributed by atoms with Crippen molar-refractivity contribution in [3.63, 3.8) is 0 Å². The van der Waals surface area contributed by atoms with Gasteiger partial charge in [-0.25, -0.2) is 0 Å². The Bertz CT molecular complexity index is 1130. The van der Waals surface area contributed by atoms with E-state index in [4.69, 9.17) is 28.9 Å². The first-order chi connectivity index (χ1) is 14.1. The van der Waals surface area contributed by atoms with Gasteiger partial charge in [0.25, 0.3) is 5.69 Å². The fraction of sp³-hybridized carbons (Fsp3) is 0.167. The van der Waals surface area contributed by atoms with E-state index < -0.39 is 4.92 Å². The van der Waals surface area contributed by atoms with Crippen LogP contribution in [-0.4, -0.2) is 4.92 Å². The molecule has 0 aliphatic carbocycles. The minimum atomic E-state index is -0.488. The van der Waals surface area contributed by atoms with Gasteiger partial charge in [-0.3, -0.25) is 10.1 Å². The lowest BCUT2D eigenvalue weighted by molar-refractivity contribution is -0.384. The third kappa shape index (κ3) is 4.84.